The van der Waals surface area contributed by atoms with E-state index in [4.69, 9.17) is 7.79 Å². The highest BCUT2D eigenvalue weighted by Gasteiger charge is 1.49. The van der Waals surface area contributed by atoms with Gasteiger partial charge >= 0.3 is 0 Å². The molecule has 0 spiro atoms. The van der Waals surface area contributed by atoms with Gasteiger partial charge in [-0.15, -0.1) is 0 Å². The Balaban J connectivity index is 3.56. The third-order valence-corrected chi connectivity index (χ3v) is 0.156. The monoisotopic (exact) mass is 64.0 g/mol. The summed E-state index contributed by atoms with van der Waals surface area (Å²) in [4.78, 5) is 0. The molecule has 0 aliphatic rings. The van der Waals surface area contributed by atoms with Gasteiger partial charge in [0.25, 0.3) is 1.37 Å². The number of allylic oxidation sites excluding steroid dienone is 1. The second kappa shape index (κ2) is 2.99. The third kappa shape index (κ3) is 2.99. The maximum Gasteiger partial charge on any atom is 0.284 e. The molecule has 0 aliphatic heterocycles. The highest BCUT2D eigenvalue weighted by atomic mass is 13.4. The summed E-state index contributed by atoms with van der Waals surface area (Å²) in [7, 11) is 0. The van der Waals surface area contributed by atoms with Gasteiger partial charge in [-0.05, 0) is 0 Å². The van der Waals surface area contributed by atoms with Crippen molar-refractivity contribution in [2.45, 2.75) is 0 Å². The van der Waals surface area contributed by atoms with E-state index < -0.39 is 0 Å². The SMILES string of the molecule is [2H][C+]=C=CC#C. The Morgan fingerprint density at radius 1 is 2.20 bits per heavy atom. The van der Waals surface area contributed by atoms with Crippen LogP contribution in [0.2, 0.25) is 0 Å². The van der Waals surface area contributed by atoms with E-state index in [1.54, 1.807) is 0 Å². The predicted molar refractivity (Wildman–Crippen MR) is 21.2 cm³/mol. The molecule has 0 heteroatoms. The lowest BCUT2D eigenvalue weighted by molar-refractivity contribution is 2.22. The average molecular weight is 64.1 g/mol. The van der Waals surface area contributed by atoms with Crippen molar-refractivity contribution < 1.29 is 1.37 Å². The molecule has 0 bridgehead atoms. The van der Waals surface area contributed by atoms with Crippen LogP contribution >= 0.6 is 0 Å². The maximum atomic E-state index is 6.22. The molecule has 0 rings (SSSR count). The maximum absolute atomic E-state index is 6.22. The van der Waals surface area contributed by atoms with Gasteiger partial charge in [0.05, 0.1) is 0 Å². The van der Waals surface area contributed by atoms with Crippen LogP contribution in [0.5, 0.6) is 0 Å². The smallest absolute Gasteiger partial charge is 0.0918 e. The van der Waals surface area contributed by atoms with E-state index in [1.807, 2.05) is 6.55 Å². The zero-order valence-electron chi connectivity index (χ0n) is 3.65. The van der Waals surface area contributed by atoms with Gasteiger partial charge < -0.3 is 0 Å². The van der Waals surface area contributed by atoms with Crippen LogP contribution in [0.4, 0.5) is 0 Å². The molecular weight excluding hydrogens is 60.1 g/mol. The fourth-order valence-electron chi connectivity index (χ4n) is 0.0417. The van der Waals surface area contributed by atoms with Gasteiger partial charge in [-0.1, -0.05) is 6.42 Å². The molecule has 0 radical (unpaired) electrons. The number of hydrogen-bond donors (Lipinski definition) is 0. The Morgan fingerprint density at radius 2 is 3.00 bits per heavy atom. The summed E-state index contributed by atoms with van der Waals surface area (Å²) < 4.78 is 6.22. The van der Waals surface area contributed by atoms with Crippen molar-refractivity contribution in [3.63, 3.8) is 0 Å². The minimum absolute atomic E-state index is 1.28. The lowest BCUT2D eigenvalue weighted by Gasteiger charge is -1.27. The minimum atomic E-state index is 1.28. The van der Waals surface area contributed by atoms with Crippen molar-refractivity contribution in [2.75, 3.05) is 0 Å². The average Bonchev–Trinajstić information content (AvgIpc) is 1.61. The van der Waals surface area contributed by atoms with Crippen LogP contribution in [0.1, 0.15) is 1.37 Å². The Morgan fingerprint density at radius 3 is 3.20 bits per heavy atom. The van der Waals surface area contributed by atoms with E-state index >= 15 is 0 Å². The molecule has 22 valence electrons. The van der Waals surface area contributed by atoms with E-state index in [0.717, 1.165) is 0 Å². The molecule has 0 aromatic carbocycles. The fourth-order valence-corrected chi connectivity index (χ4v) is 0.0417. The molecule has 0 aromatic rings. The molecule has 0 aliphatic carbocycles. The van der Waals surface area contributed by atoms with Crippen molar-refractivity contribution >= 4 is 0 Å². The predicted octanol–water partition coefficient (Wildman–Crippen LogP) is 0.764. The molecule has 0 aromatic heterocycles. The van der Waals surface area contributed by atoms with Gasteiger partial charge in [0, 0.05) is 5.92 Å². The third-order valence-electron chi connectivity index (χ3n) is 0.156. The number of terminal acetylenes is 1. The summed E-state index contributed by atoms with van der Waals surface area (Å²) in [6.07, 6.45) is 6.01. The van der Waals surface area contributed by atoms with Crippen LogP contribution in [-0.2, 0) is 0 Å². The topological polar surface area (TPSA) is 0 Å². The first-order chi connectivity index (χ1) is 2.91. The molecule has 0 heterocycles. The molecular formula is C5H3+. The molecule has 0 nitrogen and oxygen atoms in total. The molecule has 0 saturated carbocycles. The largest absolute Gasteiger partial charge is 0.284 e. The van der Waals surface area contributed by atoms with E-state index in [9.17, 15) is 0 Å². The number of hydrogen-bond acceptors (Lipinski definition) is 0. The van der Waals surface area contributed by atoms with E-state index in [-0.39, 0.29) is 0 Å². The Labute approximate surface area is 33.2 Å². The molecule has 0 atom stereocenters. The molecule has 5 heavy (non-hydrogen) atoms. The van der Waals surface area contributed by atoms with Gasteiger partial charge in [-0.3, -0.25) is 0 Å². The highest BCUT2D eigenvalue weighted by Crippen LogP contribution is 1.48. The van der Waals surface area contributed by atoms with Gasteiger partial charge in [0.15, 0.2) is 11.8 Å². The summed E-state index contributed by atoms with van der Waals surface area (Å²) >= 11 is 0. The van der Waals surface area contributed by atoms with Crippen LogP contribution < -0.4 is 0 Å². The molecule has 0 saturated heterocycles. The molecule has 0 fully saturated rings. The molecule has 0 N–H and O–H groups in total. The van der Waals surface area contributed by atoms with Crippen molar-refractivity contribution in [3.05, 3.63) is 18.4 Å². The standard InChI is InChI=1S/C5H3/c1-3-5-4-2/h1-2,5H/q+1/i1D. The van der Waals surface area contributed by atoms with Crippen molar-refractivity contribution in [2.24, 2.45) is 0 Å². The summed E-state index contributed by atoms with van der Waals surface area (Å²) in [6, 6.07) is 0. The fraction of sp³-hybridized carbons (Fsp3) is 0. The lowest BCUT2D eigenvalue weighted by atomic mass is 10.6. The normalized spacial score (nSPS) is 5.00. The summed E-state index contributed by atoms with van der Waals surface area (Å²) in [5.41, 5.74) is 2.25. The second-order valence-corrected chi connectivity index (χ2v) is 0.455. The van der Waals surface area contributed by atoms with E-state index in [2.05, 4.69) is 11.7 Å². The van der Waals surface area contributed by atoms with Gasteiger partial charge in [-0.2, -0.15) is 0 Å². The zero-order valence-corrected chi connectivity index (χ0v) is 2.65. The Hall–Kier alpha value is -1.01. The quantitative estimate of drug-likeness (QED) is 0.222. The van der Waals surface area contributed by atoms with Crippen molar-refractivity contribution in [1.82, 2.24) is 0 Å². The molecule has 0 unspecified atom stereocenters. The summed E-state index contributed by atoms with van der Waals surface area (Å²) in [6.45, 7) is 1.87. The van der Waals surface area contributed by atoms with Crippen LogP contribution in [-0.4, -0.2) is 0 Å². The van der Waals surface area contributed by atoms with Crippen LogP contribution in [0.3, 0.4) is 0 Å². The van der Waals surface area contributed by atoms with Gasteiger partial charge in [0.1, 0.15) is 6.55 Å². The van der Waals surface area contributed by atoms with Crippen molar-refractivity contribution in [3.8, 4) is 12.3 Å². The van der Waals surface area contributed by atoms with Gasteiger partial charge in [-0.25, -0.2) is 0 Å². The minimum Gasteiger partial charge on any atom is -0.0918 e. The Bertz CT molecular complexity index is 110. The highest BCUT2D eigenvalue weighted by molar-refractivity contribution is 5.05. The van der Waals surface area contributed by atoms with Crippen LogP contribution in [0.15, 0.2) is 11.8 Å². The van der Waals surface area contributed by atoms with Crippen LogP contribution in [0, 0.1) is 18.9 Å². The number of rotatable bonds is 0. The van der Waals surface area contributed by atoms with E-state index in [1.165, 1.54) is 6.08 Å². The first-order valence-corrected chi connectivity index (χ1v) is 1.12. The lowest BCUT2D eigenvalue weighted by Crippen LogP contribution is -1.28. The zero-order chi connectivity index (χ0) is 4.83. The van der Waals surface area contributed by atoms with E-state index in [0.29, 0.717) is 0 Å². The first kappa shape index (κ1) is 2.24. The first-order valence-electron chi connectivity index (χ1n) is 1.62. The van der Waals surface area contributed by atoms with Crippen molar-refractivity contribution in [1.29, 1.82) is 0 Å². The molecule has 0 amide bonds. The van der Waals surface area contributed by atoms with Crippen LogP contribution in [0.25, 0.3) is 0 Å². The summed E-state index contributed by atoms with van der Waals surface area (Å²) in [5.74, 6) is 2.15. The second-order valence-electron chi connectivity index (χ2n) is 0.455. The van der Waals surface area contributed by atoms with Gasteiger partial charge in [0.2, 0.25) is 0 Å². The Kier molecular flexibility index (Phi) is 1.34. The summed E-state index contributed by atoms with van der Waals surface area (Å²) in [5, 5.41) is 0.